The third-order valence-electron chi connectivity index (χ3n) is 12.4. The molecule has 3 heterocycles. The van der Waals surface area contributed by atoms with Crippen molar-refractivity contribution >= 4 is 76.1 Å². The molecule has 0 bridgehead atoms. The van der Waals surface area contributed by atoms with Crippen molar-refractivity contribution in [3.05, 3.63) is 206 Å². The molecule has 5 heteroatoms. The smallest absolute Gasteiger partial charge is 0.166 e. The molecule has 5 nitrogen and oxygen atoms in total. The largest absolute Gasteiger partial charge is 0.456 e. The molecule has 0 spiro atoms. The monoisotopic (exact) mass is 790 g/mol. The second-order valence-corrected chi connectivity index (χ2v) is 16.0. The molecule has 0 fully saturated rings. The Bertz CT molecular complexity index is 3920. The first-order chi connectivity index (χ1) is 30.7. The first kappa shape index (κ1) is 34.5. The molecule has 0 saturated carbocycles. The quantitative estimate of drug-likeness (QED) is 0.174. The lowest BCUT2D eigenvalue weighted by Crippen LogP contribution is -2.04. The van der Waals surface area contributed by atoms with Gasteiger partial charge in [0.1, 0.15) is 11.2 Å². The van der Waals surface area contributed by atoms with Crippen LogP contribution in [0.5, 0.6) is 0 Å². The molecular formula is C57H34N4O. The van der Waals surface area contributed by atoms with Crippen molar-refractivity contribution in [2.75, 3.05) is 0 Å². The van der Waals surface area contributed by atoms with E-state index in [0.717, 1.165) is 77.2 Å². The van der Waals surface area contributed by atoms with Crippen LogP contribution in [0.1, 0.15) is 0 Å². The second kappa shape index (κ2) is 13.6. The Morgan fingerprint density at radius 1 is 0.323 bits per heavy atom. The van der Waals surface area contributed by atoms with Crippen LogP contribution in [0.4, 0.5) is 0 Å². The van der Waals surface area contributed by atoms with E-state index >= 15 is 0 Å². The first-order valence-corrected chi connectivity index (χ1v) is 20.9. The molecule has 13 aromatic rings. The summed E-state index contributed by atoms with van der Waals surface area (Å²) in [5.41, 5.74) is 9.69. The van der Waals surface area contributed by atoms with Crippen LogP contribution in [0.2, 0.25) is 0 Å². The summed E-state index contributed by atoms with van der Waals surface area (Å²) in [6.07, 6.45) is 0. The van der Waals surface area contributed by atoms with E-state index in [1.165, 1.54) is 32.3 Å². The molecule has 0 N–H and O–H groups in total. The van der Waals surface area contributed by atoms with E-state index in [4.69, 9.17) is 19.4 Å². The molecule has 288 valence electrons. The maximum absolute atomic E-state index is 6.63. The summed E-state index contributed by atoms with van der Waals surface area (Å²) >= 11 is 0. The van der Waals surface area contributed by atoms with E-state index in [9.17, 15) is 0 Å². The SMILES string of the molecule is c1ccc(-c2ccc(-c3nc(-c4ccc5ccccc5c4)nc(-c4c(-n5c6cc7ccccc7cc6c6c7ccccc7ccc65)ccc5oc6ccccc6c45)n3)cc2)cc1. The first-order valence-electron chi connectivity index (χ1n) is 20.9. The number of rotatable bonds is 5. The molecule has 13 rings (SSSR count). The Morgan fingerprint density at radius 2 is 0.903 bits per heavy atom. The van der Waals surface area contributed by atoms with Gasteiger partial charge in [0.2, 0.25) is 0 Å². The second-order valence-electron chi connectivity index (χ2n) is 16.0. The summed E-state index contributed by atoms with van der Waals surface area (Å²) < 4.78 is 9.04. The number of para-hydroxylation sites is 1. The van der Waals surface area contributed by atoms with E-state index in [1.807, 2.05) is 18.2 Å². The molecule has 0 atom stereocenters. The zero-order valence-electron chi connectivity index (χ0n) is 33.3. The number of hydrogen-bond donors (Lipinski definition) is 0. The van der Waals surface area contributed by atoms with Gasteiger partial charge in [-0.05, 0) is 85.9 Å². The number of aromatic nitrogens is 4. The zero-order valence-corrected chi connectivity index (χ0v) is 33.3. The number of fused-ring (bicyclic) bond motifs is 10. The van der Waals surface area contributed by atoms with Gasteiger partial charge in [-0.15, -0.1) is 0 Å². The highest BCUT2D eigenvalue weighted by molar-refractivity contribution is 6.24. The fourth-order valence-corrected chi connectivity index (χ4v) is 9.47. The van der Waals surface area contributed by atoms with Gasteiger partial charge in [0, 0.05) is 32.7 Å². The number of nitrogens with zero attached hydrogens (tertiary/aromatic N) is 4. The van der Waals surface area contributed by atoms with Crippen molar-refractivity contribution < 1.29 is 4.42 Å². The molecule has 0 amide bonds. The minimum absolute atomic E-state index is 0.564. The van der Waals surface area contributed by atoms with Crippen LogP contribution in [0.3, 0.4) is 0 Å². The van der Waals surface area contributed by atoms with Crippen molar-refractivity contribution in [2.45, 2.75) is 0 Å². The van der Waals surface area contributed by atoms with Crippen LogP contribution in [0, 0.1) is 0 Å². The van der Waals surface area contributed by atoms with Crippen LogP contribution in [-0.2, 0) is 0 Å². The van der Waals surface area contributed by atoms with Gasteiger partial charge in [-0.1, -0.05) is 164 Å². The Kier molecular flexibility index (Phi) is 7.54. The maximum atomic E-state index is 6.63. The summed E-state index contributed by atoms with van der Waals surface area (Å²) in [5.74, 6) is 1.75. The topological polar surface area (TPSA) is 56.7 Å². The van der Waals surface area contributed by atoms with E-state index in [2.05, 4.69) is 193 Å². The molecule has 0 aliphatic rings. The highest BCUT2D eigenvalue weighted by Gasteiger charge is 2.25. The van der Waals surface area contributed by atoms with Gasteiger partial charge in [0.05, 0.1) is 22.3 Å². The van der Waals surface area contributed by atoms with Gasteiger partial charge >= 0.3 is 0 Å². The zero-order chi connectivity index (χ0) is 40.7. The van der Waals surface area contributed by atoms with Gasteiger partial charge < -0.3 is 8.98 Å². The third kappa shape index (κ3) is 5.38. The van der Waals surface area contributed by atoms with Crippen LogP contribution >= 0.6 is 0 Å². The van der Waals surface area contributed by atoms with Crippen molar-refractivity contribution in [1.29, 1.82) is 0 Å². The number of hydrogen-bond acceptors (Lipinski definition) is 4. The summed E-state index contributed by atoms with van der Waals surface area (Å²) in [4.78, 5) is 16.2. The standard InChI is InChI=1S/C57H34N4O/c1-2-12-35(13-3-1)37-22-25-39(26-23-37)55-58-56(43-27-24-36-14-4-5-16-40(36)32-43)60-57(59-55)54-48(30-31-51-53(54)45-20-10-11-21-50(45)62-51)61-47-29-28-38-15-8-9-19-44(38)52(47)46-33-41-17-6-7-18-42(41)34-49(46)61/h1-34H. The van der Waals surface area contributed by atoms with E-state index in [1.54, 1.807) is 0 Å². The Hall–Kier alpha value is -8.41. The Labute approximate surface area is 355 Å². The van der Waals surface area contributed by atoms with Crippen molar-refractivity contribution in [3.63, 3.8) is 0 Å². The predicted molar refractivity (Wildman–Crippen MR) is 256 cm³/mol. The van der Waals surface area contributed by atoms with Crippen LogP contribution in [0.15, 0.2) is 211 Å². The van der Waals surface area contributed by atoms with Crippen molar-refractivity contribution in [1.82, 2.24) is 19.5 Å². The summed E-state index contributed by atoms with van der Waals surface area (Å²) in [5, 5.41) is 11.4. The van der Waals surface area contributed by atoms with Gasteiger partial charge in [0.15, 0.2) is 17.5 Å². The van der Waals surface area contributed by atoms with Crippen molar-refractivity contribution in [3.8, 4) is 51.0 Å². The molecule has 10 aromatic carbocycles. The Balaban J connectivity index is 1.15. The average Bonchev–Trinajstić information content (AvgIpc) is 3.88. The fourth-order valence-electron chi connectivity index (χ4n) is 9.47. The van der Waals surface area contributed by atoms with E-state index in [-0.39, 0.29) is 0 Å². The molecule has 62 heavy (non-hydrogen) atoms. The summed E-state index contributed by atoms with van der Waals surface area (Å²) in [7, 11) is 0. The van der Waals surface area contributed by atoms with Crippen LogP contribution in [0.25, 0.3) is 127 Å². The number of furan rings is 1. The highest BCUT2D eigenvalue weighted by Crippen LogP contribution is 2.45. The minimum atomic E-state index is 0.564. The van der Waals surface area contributed by atoms with Gasteiger partial charge in [-0.2, -0.15) is 0 Å². The van der Waals surface area contributed by atoms with E-state index < -0.39 is 0 Å². The fraction of sp³-hybridized carbons (Fsp3) is 0. The Morgan fingerprint density at radius 3 is 1.71 bits per heavy atom. The third-order valence-corrected chi connectivity index (χ3v) is 12.4. The van der Waals surface area contributed by atoms with Gasteiger partial charge in [-0.25, -0.2) is 15.0 Å². The van der Waals surface area contributed by atoms with Crippen LogP contribution < -0.4 is 0 Å². The van der Waals surface area contributed by atoms with E-state index in [0.29, 0.717) is 17.5 Å². The highest BCUT2D eigenvalue weighted by atomic mass is 16.3. The van der Waals surface area contributed by atoms with Gasteiger partial charge in [-0.3, -0.25) is 0 Å². The lowest BCUT2D eigenvalue weighted by atomic mass is 10.0. The molecule has 0 aliphatic heterocycles. The lowest BCUT2D eigenvalue weighted by Gasteiger charge is -2.16. The minimum Gasteiger partial charge on any atom is -0.456 e. The van der Waals surface area contributed by atoms with Crippen LogP contribution in [-0.4, -0.2) is 19.5 Å². The molecule has 0 aliphatic carbocycles. The molecule has 0 unspecified atom stereocenters. The van der Waals surface area contributed by atoms with Gasteiger partial charge in [0.25, 0.3) is 0 Å². The average molecular weight is 791 g/mol. The normalized spacial score (nSPS) is 11.9. The lowest BCUT2D eigenvalue weighted by molar-refractivity contribution is 0.669. The summed E-state index contributed by atoms with van der Waals surface area (Å²) in [6, 6.07) is 72.8. The molecular weight excluding hydrogens is 757 g/mol. The molecule has 0 saturated heterocycles. The maximum Gasteiger partial charge on any atom is 0.166 e. The molecule has 0 radical (unpaired) electrons. The number of benzene rings is 10. The summed E-state index contributed by atoms with van der Waals surface area (Å²) in [6.45, 7) is 0. The predicted octanol–water partition coefficient (Wildman–Crippen LogP) is 15.0. The molecule has 3 aromatic heterocycles. The van der Waals surface area contributed by atoms with Crippen molar-refractivity contribution in [2.24, 2.45) is 0 Å².